The fourth-order valence-electron chi connectivity index (χ4n) is 1.08. The number of hydrogen-bond acceptors (Lipinski definition) is 4. The highest BCUT2D eigenvalue weighted by Crippen LogP contribution is 2.17. The van der Waals surface area contributed by atoms with Crippen molar-refractivity contribution in [3.63, 3.8) is 0 Å². The third-order valence-corrected chi connectivity index (χ3v) is 1.72. The highest BCUT2D eigenvalue weighted by Gasteiger charge is 2.14. The Hall–Kier alpha value is -1.43. The van der Waals surface area contributed by atoms with Crippen LogP contribution in [0, 0.1) is 0 Å². The quantitative estimate of drug-likeness (QED) is 0.568. The van der Waals surface area contributed by atoms with Gasteiger partial charge in [-0.3, -0.25) is 0 Å². The summed E-state index contributed by atoms with van der Waals surface area (Å²) in [5.74, 6) is -1.11. The van der Waals surface area contributed by atoms with E-state index in [4.69, 9.17) is 10.2 Å². The Balaban J connectivity index is 0.00000169. The van der Waals surface area contributed by atoms with Crippen molar-refractivity contribution in [1.82, 2.24) is 6.15 Å². The van der Waals surface area contributed by atoms with Gasteiger partial charge in [0.2, 0.25) is 0 Å². The normalized spacial score (nSPS) is 11.6. The SMILES string of the molecule is N.O=C(O)c1ccccc1C(O)CO. The lowest BCUT2D eigenvalue weighted by Gasteiger charge is -2.09. The molecule has 5 heteroatoms. The largest absolute Gasteiger partial charge is 0.478 e. The molecule has 0 fully saturated rings. The first-order valence-electron chi connectivity index (χ1n) is 3.78. The van der Waals surface area contributed by atoms with Gasteiger partial charge in [0.05, 0.1) is 12.2 Å². The molecule has 1 atom stereocenters. The first-order chi connectivity index (χ1) is 6.16. The summed E-state index contributed by atoms with van der Waals surface area (Å²) in [5.41, 5.74) is 0.251. The molecule has 1 aromatic rings. The molecule has 0 saturated heterocycles. The van der Waals surface area contributed by atoms with E-state index in [0.717, 1.165) is 0 Å². The molecule has 5 nitrogen and oxygen atoms in total. The van der Waals surface area contributed by atoms with Crippen molar-refractivity contribution < 1.29 is 20.1 Å². The van der Waals surface area contributed by atoms with Crippen LogP contribution in [0.4, 0.5) is 0 Å². The van der Waals surface area contributed by atoms with Crippen LogP contribution in [0.3, 0.4) is 0 Å². The molecule has 1 aromatic carbocycles. The maximum Gasteiger partial charge on any atom is 0.336 e. The van der Waals surface area contributed by atoms with Gasteiger partial charge in [0.15, 0.2) is 0 Å². The van der Waals surface area contributed by atoms with E-state index in [1.54, 1.807) is 12.1 Å². The molecule has 0 saturated carbocycles. The Bertz CT molecular complexity index is 313. The van der Waals surface area contributed by atoms with Crippen LogP contribution in [0.5, 0.6) is 0 Å². The number of hydrogen-bond donors (Lipinski definition) is 4. The van der Waals surface area contributed by atoms with Gasteiger partial charge < -0.3 is 21.5 Å². The van der Waals surface area contributed by atoms with Crippen LogP contribution >= 0.6 is 0 Å². The van der Waals surface area contributed by atoms with E-state index in [1.807, 2.05) is 0 Å². The lowest BCUT2D eigenvalue weighted by atomic mass is 10.0. The zero-order valence-electron chi connectivity index (χ0n) is 7.55. The molecular formula is C9H13NO4. The Morgan fingerprint density at radius 3 is 2.43 bits per heavy atom. The molecule has 0 bridgehead atoms. The first kappa shape index (κ1) is 12.6. The third-order valence-electron chi connectivity index (χ3n) is 1.72. The Kier molecular flexibility index (Phi) is 4.79. The minimum absolute atomic E-state index is 0. The van der Waals surface area contributed by atoms with Crippen molar-refractivity contribution >= 4 is 5.97 Å². The average Bonchev–Trinajstić information content (AvgIpc) is 2.16. The van der Waals surface area contributed by atoms with Gasteiger partial charge in [0.25, 0.3) is 0 Å². The monoisotopic (exact) mass is 199 g/mol. The molecule has 78 valence electrons. The van der Waals surface area contributed by atoms with Gasteiger partial charge in [-0.15, -0.1) is 0 Å². The molecule has 0 spiro atoms. The predicted octanol–water partition coefficient (Wildman–Crippen LogP) is 0.573. The van der Waals surface area contributed by atoms with Crippen LogP contribution in [0.2, 0.25) is 0 Å². The fourth-order valence-corrected chi connectivity index (χ4v) is 1.08. The number of rotatable bonds is 3. The summed E-state index contributed by atoms with van der Waals surface area (Å²) in [6.07, 6.45) is -1.13. The van der Waals surface area contributed by atoms with E-state index in [1.165, 1.54) is 12.1 Å². The van der Waals surface area contributed by atoms with Crippen molar-refractivity contribution in [1.29, 1.82) is 0 Å². The Labute approximate surface area is 81.2 Å². The van der Waals surface area contributed by atoms with Gasteiger partial charge >= 0.3 is 5.97 Å². The maximum absolute atomic E-state index is 10.6. The molecule has 0 aliphatic heterocycles. The molecule has 1 unspecified atom stereocenters. The molecule has 1 rings (SSSR count). The van der Waals surface area contributed by atoms with E-state index in [0.29, 0.717) is 0 Å². The summed E-state index contributed by atoms with van der Waals surface area (Å²) < 4.78 is 0. The summed E-state index contributed by atoms with van der Waals surface area (Å²) in [4.78, 5) is 10.6. The second-order valence-corrected chi connectivity index (χ2v) is 2.59. The van der Waals surface area contributed by atoms with Gasteiger partial charge in [0, 0.05) is 0 Å². The summed E-state index contributed by atoms with van der Waals surface area (Å²) in [5, 5.41) is 26.6. The zero-order chi connectivity index (χ0) is 9.84. The van der Waals surface area contributed by atoms with Gasteiger partial charge in [-0.2, -0.15) is 0 Å². The van der Waals surface area contributed by atoms with Crippen molar-refractivity contribution in [2.24, 2.45) is 0 Å². The number of benzene rings is 1. The Morgan fingerprint density at radius 1 is 1.36 bits per heavy atom. The van der Waals surface area contributed by atoms with E-state index >= 15 is 0 Å². The molecule has 0 aliphatic carbocycles. The predicted molar refractivity (Wildman–Crippen MR) is 50.5 cm³/mol. The molecule has 0 radical (unpaired) electrons. The van der Waals surface area contributed by atoms with Crippen molar-refractivity contribution in [3.8, 4) is 0 Å². The van der Waals surface area contributed by atoms with E-state index in [9.17, 15) is 9.90 Å². The second-order valence-electron chi connectivity index (χ2n) is 2.59. The summed E-state index contributed by atoms with van der Waals surface area (Å²) in [7, 11) is 0. The van der Waals surface area contributed by atoms with Crippen molar-refractivity contribution in [2.75, 3.05) is 6.61 Å². The van der Waals surface area contributed by atoms with Crippen LogP contribution in [-0.2, 0) is 0 Å². The van der Waals surface area contributed by atoms with Gasteiger partial charge in [-0.25, -0.2) is 4.79 Å². The van der Waals surface area contributed by atoms with Crippen LogP contribution in [0.1, 0.15) is 22.0 Å². The number of aliphatic hydroxyl groups is 2. The van der Waals surface area contributed by atoms with Gasteiger partial charge in [0.1, 0.15) is 6.10 Å². The van der Waals surface area contributed by atoms with Crippen LogP contribution in [-0.4, -0.2) is 27.9 Å². The van der Waals surface area contributed by atoms with Crippen LogP contribution in [0.25, 0.3) is 0 Å². The standard InChI is InChI=1S/C9H10O4.H3N/c10-5-8(11)6-3-1-2-4-7(6)9(12)13;/h1-4,8,10-11H,5H2,(H,12,13);1H3. The highest BCUT2D eigenvalue weighted by atomic mass is 16.4. The first-order valence-corrected chi connectivity index (χ1v) is 3.78. The summed E-state index contributed by atoms with van der Waals surface area (Å²) >= 11 is 0. The minimum Gasteiger partial charge on any atom is -0.478 e. The third kappa shape index (κ3) is 2.53. The van der Waals surface area contributed by atoms with Gasteiger partial charge in [-0.1, -0.05) is 18.2 Å². The van der Waals surface area contributed by atoms with E-state index in [2.05, 4.69) is 0 Å². The van der Waals surface area contributed by atoms with E-state index in [-0.39, 0.29) is 17.3 Å². The molecular weight excluding hydrogens is 186 g/mol. The minimum atomic E-state index is -1.13. The topological polar surface area (TPSA) is 113 Å². The van der Waals surface area contributed by atoms with Gasteiger partial charge in [-0.05, 0) is 11.6 Å². The summed E-state index contributed by atoms with van der Waals surface area (Å²) in [6.45, 7) is -0.482. The number of carboxylic acid groups (broad SMARTS) is 1. The number of aliphatic hydroxyl groups excluding tert-OH is 2. The number of carbonyl (C=O) groups is 1. The maximum atomic E-state index is 10.6. The smallest absolute Gasteiger partial charge is 0.336 e. The lowest BCUT2D eigenvalue weighted by molar-refractivity contribution is 0.0674. The van der Waals surface area contributed by atoms with Crippen LogP contribution in [0.15, 0.2) is 24.3 Å². The highest BCUT2D eigenvalue weighted by molar-refractivity contribution is 5.89. The van der Waals surface area contributed by atoms with Crippen molar-refractivity contribution in [3.05, 3.63) is 35.4 Å². The van der Waals surface area contributed by atoms with Crippen molar-refractivity contribution in [2.45, 2.75) is 6.10 Å². The Morgan fingerprint density at radius 2 is 1.93 bits per heavy atom. The lowest BCUT2D eigenvalue weighted by Crippen LogP contribution is -2.09. The second kappa shape index (κ2) is 5.33. The number of aromatic carboxylic acids is 1. The summed E-state index contributed by atoms with van der Waals surface area (Å²) in [6, 6.07) is 6.04. The average molecular weight is 199 g/mol. The molecule has 0 aliphatic rings. The zero-order valence-corrected chi connectivity index (χ0v) is 7.55. The molecule has 0 heterocycles. The van der Waals surface area contributed by atoms with E-state index < -0.39 is 18.7 Å². The number of carboxylic acids is 1. The molecule has 6 N–H and O–H groups in total. The molecule has 14 heavy (non-hydrogen) atoms. The van der Waals surface area contributed by atoms with Crippen LogP contribution < -0.4 is 6.15 Å². The molecule has 0 amide bonds. The fraction of sp³-hybridized carbons (Fsp3) is 0.222. The molecule has 0 aromatic heterocycles.